The first-order chi connectivity index (χ1) is 11.8. The zero-order chi connectivity index (χ0) is 16.4. The van der Waals surface area contributed by atoms with Crippen LogP contribution in [0.3, 0.4) is 0 Å². The number of aromatic amines is 2. The molecule has 0 aliphatic heterocycles. The lowest BCUT2D eigenvalue weighted by Gasteiger charge is -2.12. The Morgan fingerprint density at radius 1 is 0.958 bits per heavy atom. The highest BCUT2D eigenvalue weighted by Crippen LogP contribution is 2.26. The Bertz CT molecular complexity index is 983. The molecule has 24 heavy (non-hydrogen) atoms. The average Bonchev–Trinajstić information content (AvgIpc) is 3.30. The van der Waals surface area contributed by atoms with Gasteiger partial charge in [0.2, 0.25) is 0 Å². The molecule has 2 aromatic heterocycles. The highest BCUT2D eigenvalue weighted by molar-refractivity contribution is 5.89. The van der Waals surface area contributed by atoms with Crippen molar-refractivity contribution in [2.24, 2.45) is 0 Å². The fourth-order valence-electron chi connectivity index (χ4n) is 2.88. The van der Waals surface area contributed by atoms with Gasteiger partial charge in [0.25, 0.3) is 0 Å². The van der Waals surface area contributed by atoms with Crippen molar-refractivity contribution in [1.29, 1.82) is 0 Å². The van der Waals surface area contributed by atoms with E-state index in [1.165, 1.54) is 0 Å². The van der Waals surface area contributed by atoms with Gasteiger partial charge in [-0.2, -0.15) is 5.10 Å². The normalized spacial score (nSPS) is 12.9. The van der Waals surface area contributed by atoms with E-state index in [4.69, 9.17) is 0 Å². The van der Waals surface area contributed by atoms with Crippen LogP contribution in [0.4, 0.5) is 0 Å². The van der Waals surface area contributed by atoms with Crippen molar-refractivity contribution in [3.8, 4) is 0 Å². The third-order valence-corrected chi connectivity index (χ3v) is 4.15. The Kier molecular flexibility index (Phi) is 3.73. The van der Waals surface area contributed by atoms with Crippen LogP contribution in [-0.4, -0.2) is 20.3 Å². The van der Waals surface area contributed by atoms with E-state index in [1.807, 2.05) is 79.1 Å². The number of para-hydroxylation sites is 1. The van der Waals surface area contributed by atoms with Crippen LogP contribution in [0.1, 0.15) is 28.5 Å². The van der Waals surface area contributed by atoms with E-state index < -0.39 is 6.10 Å². The van der Waals surface area contributed by atoms with Crippen molar-refractivity contribution in [2.45, 2.75) is 6.10 Å². The lowest BCUT2D eigenvalue weighted by atomic mass is 9.98. The maximum Gasteiger partial charge on any atom is 0.106 e. The number of hydrogen-bond donors (Lipinski definition) is 3. The largest absolute Gasteiger partial charge is 0.384 e. The molecule has 0 amide bonds. The Balaban J connectivity index is 1.70. The number of nitrogens with one attached hydrogen (secondary N) is 2. The van der Waals surface area contributed by atoms with Gasteiger partial charge in [-0.1, -0.05) is 48.5 Å². The van der Waals surface area contributed by atoms with E-state index in [2.05, 4.69) is 15.2 Å². The van der Waals surface area contributed by atoms with Crippen molar-refractivity contribution in [3.63, 3.8) is 0 Å². The number of benzene rings is 2. The molecule has 0 spiro atoms. The van der Waals surface area contributed by atoms with Crippen LogP contribution in [0.5, 0.6) is 0 Å². The summed E-state index contributed by atoms with van der Waals surface area (Å²) in [7, 11) is 0. The van der Waals surface area contributed by atoms with Crippen LogP contribution in [-0.2, 0) is 0 Å². The number of rotatable bonds is 4. The molecule has 2 aromatic carbocycles. The molecule has 0 aliphatic carbocycles. The van der Waals surface area contributed by atoms with Crippen LogP contribution in [0, 0.1) is 0 Å². The third-order valence-electron chi connectivity index (χ3n) is 4.15. The summed E-state index contributed by atoms with van der Waals surface area (Å²) in [6.07, 6.45) is 6.93. The molecule has 0 bridgehead atoms. The summed E-state index contributed by atoms with van der Waals surface area (Å²) in [6, 6.07) is 17.8. The Morgan fingerprint density at radius 3 is 2.67 bits per heavy atom. The molecule has 0 radical (unpaired) electrons. The molecular formula is C20H17N3O. The number of hydrogen-bond acceptors (Lipinski definition) is 2. The molecule has 4 rings (SSSR count). The molecule has 0 aliphatic rings. The van der Waals surface area contributed by atoms with Crippen molar-refractivity contribution >= 4 is 23.1 Å². The molecule has 1 unspecified atom stereocenters. The van der Waals surface area contributed by atoms with Crippen LogP contribution < -0.4 is 0 Å². The van der Waals surface area contributed by atoms with E-state index in [-0.39, 0.29) is 0 Å². The summed E-state index contributed by atoms with van der Waals surface area (Å²) in [5.41, 5.74) is 4.59. The second-order valence-corrected chi connectivity index (χ2v) is 5.66. The summed E-state index contributed by atoms with van der Waals surface area (Å²) in [5, 5.41) is 19.1. The van der Waals surface area contributed by atoms with Crippen molar-refractivity contribution < 1.29 is 5.11 Å². The maximum atomic E-state index is 10.6. The Hall–Kier alpha value is -3.11. The standard InChI is InChI=1S/C20H17N3O/c24-20(15-11-12-21-13-15)16-6-2-1-5-14(16)9-10-19-17-7-3-4-8-18(17)22-23-19/h1-13,20-21,24H,(H,22,23). The van der Waals surface area contributed by atoms with Gasteiger partial charge in [-0.05, 0) is 29.3 Å². The van der Waals surface area contributed by atoms with Crippen molar-refractivity contribution in [2.75, 3.05) is 0 Å². The highest BCUT2D eigenvalue weighted by atomic mass is 16.3. The number of nitrogens with zero attached hydrogens (tertiary/aromatic N) is 1. The van der Waals surface area contributed by atoms with Gasteiger partial charge in [-0.25, -0.2) is 0 Å². The average molecular weight is 315 g/mol. The minimum Gasteiger partial charge on any atom is -0.384 e. The SMILES string of the molecule is OC(c1cc[nH]c1)c1ccccc1C=Cc1n[nH]c2ccccc12. The lowest BCUT2D eigenvalue weighted by Crippen LogP contribution is -2.00. The van der Waals surface area contributed by atoms with Crippen molar-refractivity contribution in [1.82, 2.24) is 15.2 Å². The second kappa shape index (κ2) is 6.18. The summed E-state index contributed by atoms with van der Waals surface area (Å²) in [5.74, 6) is 0. The van der Waals surface area contributed by atoms with Gasteiger partial charge < -0.3 is 10.1 Å². The van der Waals surface area contributed by atoms with E-state index in [0.29, 0.717) is 0 Å². The molecule has 2 heterocycles. The molecule has 0 saturated heterocycles. The minimum atomic E-state index is -0.659. The van der Waals surface area contributed by atoms with Crippen LogP contribution in [0.25, 0.3) is 23.1 Å². The first-order valence-corrected chi connectivity index (χ1v) is 7.84. The summed E-state index contributed by atoms with van der Waals surface area (Å²) < 4.78 is 0. The molecular weight excluding hydrogens is 298 g/mol. The van der Waals surface area contributed by atoms with E-state index in [0.717, 1.165) is 33.3 Å². The zero-order valence-electron chi connectivity index (χ0n) is 13.0. The van der Waals surface area contributed by atoms with Crippen LogP contribution in [0.15, 0.2) is 67.0 Å². The molecule has 0 saturated carbocycles. The second-order valence-electron chi connectivity index (χ2n) is 5.66. The first-order valence-electron chi connectivity index (χ1n) is 7.84. The Labute approximate surface area is 139 Å². The quantitative estimate of drug-likeness (QED) is 0.530. The van der Waals surface area contributed by atoms with E-state index in [1.54, 1.807) is 0 Å². The number of aliphatic hydroxyl groups is 1. The number of H-pyrrole nitrogens is 2. The Morgan fingerprint density at radius 2 is 1.79 bits per heavy atom. The van der Waals surface area contributed by atoms with Crippen LogP contribution in [0.2, 0.25) is 0 Å². The topological polar surface area (TPSA) is 64.7 Å². The van der Waals surface area contributed by atoms with E-state index in [9.17, 15) is 5.11 Å². The van der Waals surface area contributed by atoms with E-state index >= 15 is 0 Å². The van der Waals surface area contributed by atoms with Gasteiger partial charge in [-0.3, -0.25) is 5.10 Å². The fourth-order valence-corrected chi connectivity index (χ4v) is 2.88. The summed E-state index contributed by atoms with van der Waals surface area (Å²) >= 11 is 0. The van der Waals surface area contributed by atoms with Gasteiger partial charge in [0.05, 0.1) is 11.2 Å². The zero-order valence-corrected chi connectivity index (χ0v) is 13.0. The number of aliphatic hydroxyl groups excluding tert-OH is 1. The van der Waals surface area contributed by atoms with Gasteiger partial charge in [0, 0.05) is 23.3 Å². The van der Waals surface area contributed by atoms with Crippen LogP contribution >= 0.6 is 0 Å². The van der Waals surface area contributed by atoms with Gasteiger partial charge in [0.15, 0.2) is 0 Å². The third kappa shape index (κ3) is 2.64. The molecule has 4 heteroatoms. The smallest absolute Gasteiger partial charge is 0.106 e. The predicted octanol–water partition coefficient (Wildman–Crippen LogP) is 4.14. The molecule has 3 N–H and O–H groups in total. The molecule has 118 valence electrons. The van der Waals surface area contributed by atoms with Crippen molar-refractivity contribution in [3.05, 3.63) is 89.4 Å². The monoisotopic (exact) mass is 315 g/mol. The number of aromatic nitrogens is 3. The molecule has 0 fully saturated rings. The summed E-state index contributed by atoms with van der Waals surface area (Å²) in [6.45, 7) is 0. The molecule has 4 nitrogen and oxygen atoms in total. The lowest BCUT2D eigenvalue weighted by molar-refractivity contribution is 0.220. The predicted molar refractivity (Wildman–Crippen MR) is 96.3 cm³/mol. The summed E-state index contributed by atoms with van der Waals surface area (Å²) in [4.78, 5) is 2.98. The van der Waals surface area contributed by atoms with Gasteiger partial charge in [0.1, 0.15) is 6.10 Å². The maximum absolute atomic E-state index is 10.6. The highest BCUT2D eigenvalue weighted by Gasteiger charge is 2.13. The minimum absolute atomic E-state index is 0.659. The van der Waals surface area contributed by atoms with Gasteiger partial charge >= 0.3 is 0 Å². The molecule has 1 atom stereocenters. The van der Waals surface area contributed by atoms with Gasteiger partial charge in [-0.15, -0.1) is 0 Å². The first kappa shape index (κ1) is 14.5. The fraction of sp³-hybridized carbons (Fsp3) is 0.0500. The number of fused-ring (bicyclic) bond motifs is 1. The molecule has 4 aromatic rings.